The maximum atomic E-state index is 5.92. The van der Waals surface area contributed by atoms with Gasteiger partial charge in [0, 0.05) is 29.0 Å². The third-order valence-electron chi connectivity index (χ3n) is 6.39. The number of hydrogen-bond donors (Lipinski definition) is 1. The highest BCUT2D eigenvalue weighted by molar-refractivity contribution is 7.80. The molecule has 2 atom stereocenters. The molecule has 33 heavy (non-hydrogen) atoms. The number of benzene rings is 2. The number of aromatic nitrogens is 2. The van der Waals surface area contributed by atoms with Gasteiger partial charge in [-0.2, -0.15) is 0 Å². The number of thiocarbonyl (C=S) groups is 1. The first-order valence-corrected chi connectivity index (χ1v) is 11.7. The highest BCUT2D eigenvalue weighted by atomic mass is 32.1. The van der Waals surface area contributed by atoms with Gasteiger partial charge in [-0.05, 0) is 99.1 Å². The molecule has 5 heteroatoms. The molecular formula is C28H28N4S. The van der Waals surface area contributed by atoms with E-state index < -0.39 is 0 Å². The van der Waals surface area contributed by atoms with Crippen LogP contribution in [0.25, 0.3) is 5.69 Å². The van der Waals surface area contributed by atoms with Crippen molar-refractivity contribution < 1.29 is 0 Å². The molecule has 5 rings (SSSR count). The fraction of sp³-hybridized carbons (Fsp3) is 0.214. The Morgan fingerprint density at radius 1 is 0.818 bits per heavy atom. The van der Waals surface area contributed by atoms with Crippen molar-refractivity contribution in [3.8, 4) is 5.69 Å². The molecule has 0 saturated carbocycles. The lowest BCUT2D eigenvalue weighted by molar-refractivity contribution is 0.565. The molecule has 3 heterocycles. The van der Waals surface area contributed by atoms with Crippen LogP contribution in [-0.2, 0) is 0 Å². The summed E-state index contributed by atoms with van der Waals surface area (Å²) in [4.78, 5) is 6.97. The van der Waals surface area contributed by atoms with Crippen molar-refractivity contribution in [1.29, 1.82) is 0 Å². The summed E-state index contributed by atoms with van der Waals surface area (Å²) in [6, 6.07) is 25.4. The maximum Gasteiger partial charge on any atom is 0.174 e. The van der Waals surface area contributed by atoms with Crippen LogP contribution in [0.5, 0.6) is 0 Å². The zero-order valence-electron chi connectivity index (χ0n) is 19.4. The SMILES string of the molecule is Cc1cc(C)cc(N2C(=S)NC(c3ccccn3)C2c2cc(C)n(-c3ccccc3)c2C)c1. The van der Waals surface area contributed by atoms with Gasteiger partial charge in [0.2, 0.25) is 0 Å². The molecule has 1 fully saturated rings. The van der Waals surface area contributed by atoms with E-state index in [9.17, 15) is 0 Å². The molecule has 1 aliphatic heterocycles. The van der Waals surface area contributed by atoms with E-state index in [2.05, 4.69) is 103 Å². The third kappa shape index (κ3) is 3.83. The lowest BCUT2D eigenvalue weighted by Crippen LogP contribution is -2.29. The zero-order chi connectivity index (χ0) is 23.1. The lowest BCUT2D eigenvalue weighted by Gasteiger charge is -2.29. The molecule has 2 aromatic heterocycles. The fourth-order valence-corrected chi connectivity index (χ4v) is 5.45. The fourth-order valence-electron chi connectivity index (χ4n) is 5.10. The highest BCUT2D eigenvalue weighted by Crippen LogP contribution is 2.44. The minimum Gasteiger partial charge on any atom is -0.351 e. The van der Waals surface area contributed by atoms with Crippen molar-refractivity contribution in [2.24, 2.45) is 0 Å². The summed E-state index contributed by atoms with van der Waals surface area (Å²) >= 11 is 5.92. The second-order valence-corrected chi connectivity index (χ2v) is 9.23. The average molecular weight is 453 g/mol. The van der Waals surface area contributed by atoms with Crippen molar-refractivity contribution in [2.45, 2.75) is 39.8 Å². The molecule has 4 nitrogen and oxygen atoms in total. The summed E-state index contributed by atoms with van der Waals surface area (Å²) < 4.78 is 2.33. The third-order valence-corrected chi connectivity index (χ3v) is 6.70. The molecule has 0 aliphatic carbocycles. The monoisotopic (exact) mass is 452 g/mol. The Morgan fingerprint density at radius 3 is 2.18 bits per heavy atom. The van der Waals surface area contributed by atoms with Crippen LogP contribution in [0.2, 0.25) is 0 Å². The van der Waals surface area contributed by atoms with Crippen LogP contribution >= 0.6 is 12.2 Å². The number of anilines is 1. The van der Waals surface area contributed by atoms with Crippen LogP contribution in [0.1, 0.15) is 45.9 Å². The first-order valence-electron chi connectivity index (χ1n) is 11.3. The Kier molecular flexibility index (Phi) is 5.51. The minimum atomic E-state index is -0.0516. The molecule has 1 aliphatic rings. The van der Waals surface area contributed by atoms with Gasteiger partial charge in [0.25, 0.3) is 0 Å². The van der Waals surface area contributed by atoms with E-state index in [4.69, 9.17) is 17.2 Å². The van der Waals surface area contributed by atoms with Gasteiger partial charge in [-0.3, -0.25) is 4.98 Å². The average Bonchev–Trinajstić information content (AvgIpc) is 3.29. The van der Waals surface area contributed by atoms with E-state index in [1.807, 2.05) is 18.3 Å². The molecule has 2 aromatic carbocycles. The number of nitrogens with one attached hydrogen (secondary N) is 1. The summed E-state index contributed by atoms with van der Waals surface area (Å²) in [6.07, 6.45) is 1.85. The largest absolute Gasteiger partial charge is 0.351 e. The van der Waals surface area contributed by atoms with Gasteiger partial charge in [-0.1, -0.05) is 30.3 Å². The van der Waals surface area contributed by atoms with Gasteiger partial charge < -0.3 is 14.8 Å². The Bertz CT molecular complexity index is 1290. The molecule has 0 spiro atoms. The zero-order valence-corrected chi connectivity index (χ0v) is 20.2. The number of aryl methyl sites for hydroxylation is 3. The number of hydrogen-bond acceptors (Lipinski definition) is 2. The van der Waals surface area contributed by atoms with Crippen LogP contribution in [0.4, 0.5) is 5.69 Å². The maximum absolute atomic E-state index is 5.92. The van der Waals surface area contributed by atoms with Gasteiger partial charge in [0.05, 0.1) is 17.8 Å². The van der Waals surface area contributed by atoms with Crippen LogP contribution in [0, 0.1) is 27.7 Å². The van der Waals surface area contributed by atoms with Gasteiger partial charge in [-0.25, -0.2) is 0 Å². The van der Waals surface area contributed by atoms with E-state index in [1.165, 1.54) is 33.8 Å². The quantitative estimate of drug-likeness (QED) is 0.369. The van der Waals surface area contributed by atoms with E-state index in [1.54, 1.807) is 0 Å². The number of pyridine rings is 1. The molecule has 0 bridgehead atoms. The second kappa shape index (κ2) is 8.49. The summed E-state index contributed by atoms with van der Waals surface area (Å²) in [6.45, 7) is 8.64. The molecule has 1 saturated heterocycles. The Hall–Kier alpha value is -3.44. The smallest absolute Gasteiger partial charge is 0.174 e. The minimum absolute atomic E-state index is 0.0164. The number of rotatable bonds is 4. The standard InChI is InChI=1S/C28H28N4S/c1-18-14-19(2)16-23(15-18)32-27(26(30-28(32)33)25-12-8-9-13-29-25)24-17-20(3)31(21(24)4)22-10-6-5-7-11-22/h5-17,26-27H,1-4H3,(H,30,33). The first kappa shape index (κ1) is 21.4. The Balaban J connectivity index is 1.70. The summed E-state index contributed by atoms with van der Waals surface area (Å²) in [7, 11) is 0. The predicted octanol–water partition coefficient (Wildman–Crippen LogP) is 6.28. The first-order chi connectivity index (χ1) is 15.9. The summed E-state index contributed by atoms with van der Waals surface area (Å²) in [5, 5.41) is 4.31. The lowest BCUT2D eigenvalue weighted by atomic mass is 9.96. The van der Waals surface area contributed by atoms with Crippen LogP contribution in [-0.4, -0.2) is 14.7 Å². The number of nitrogens with zero attached hydrogens (tertiary/aromatic N) is 3. The summed E-state index contributed by atoms with van der Waals surface area (Å²) in [5.74, 6) is 0. The van der Waals surface area contributed by atoms with Crippen molar-refractivity contribution in [2.75, 3.05) is 4.90 Å². The molecule has 1 N–H and O–H groups in total. The molecule has 0 radical (unpaired) electrons. The Labute approximate surface area is 200 Å². The normalized spacial score (nSPS) is 17.9. The van der Waals surface area contributed by atoms with Gasteiger partial charge in [-0.15, -0.1) is 0 Å². The van der Waals surface area contributed by atoms with Crippen LogP contribution < -0.4 is 10.2 Å². The van der Waals surface area contributed by atoms with E-state index >= 15 is 0 Å². The molecular weight excluding hydrogens is 424 g/mol. The van der Waals surface area contributed by atoms with E-state index in [0.29, 0.717) is 0 Å². The van der Waals surface area contributed by atoms with E-state index in [-0.39, 0.29) is 12.1 Å². The molecule has 0 amide bonds. The number of para-hydroxylation sites is 1. The van der Waals surface area contributed by atoms with E-state index in [0.717, 1.165) is 16.5 Å². The van der Waals surface area contributed by atoms with Crippen molar-refractivity contribution >= 4 is 23.0 Å². The van der Waals surface area contributed by atoms with Gasteiger partial charge >= 0.3 is 0 Å². The topological polar surface area (TPSA) is 33.1 Å². The molecule has 4 aromatic rings. The van der Waals surface area contributed by atoms with Crippen LogP contribution in [0.15, 0.2) is 79.0 Å². The van der Waals surface area contributed by atoms with Crippen LogP contribution in [0.3, 0.4) is 0 Å². The summed E-state index contributed by atoms with van der Waals surface area (Å²) in [5.41, 5.74) is 9.37. The highest BCUT2D eigenvalue weighted by Gasteiger charge is 2.42. The molecule has 166 valence electrons. The van der Waals surface area contributed by atoms with Crippen molar-refractivity contribution in [3.05, 3.63) is 113 Å². The van der Waals surface area contributed by atoms with Gasteiger partial charge in [0.15, 0.2) is 5.11 Å². The van der Waals surface area contributed by atoms with Gasteiger partial charge in [0.1, 0.15) is 0 Å². The molecule has 2 unspecified atom stereocenters. The predicted molar refractivity (Wildman–Crippen MR) is 139 cm³/mol. The Morgan fingerprint density at radius 2 is 1.52 bits per heavy atom. The van der Waals surface area contributed by atoms with Crippen molar-refractivity contribution in [1.82, 2.24) is 14.9 Å². The second-order valence-electron chi connectivity index (χ2n) is 8.84. The van der Waals surface area contributed by atoms with Crippen molar-refractivity contribution in [3.63, 3.8) is 0 Å².